The summed E-state index contributed by atoms with van der Waals surface area (Å²) in [5, 5.41) is 0. The molecule has 66 valence electrons. The molecule has 0 amide bonds. The lowest BCUT2D eigenvalue weighted by Gasteiger charge is -2.04. The summed E-state index contributed by atoms with van der Waals surface area (Å²) in [5.41, 5.74) is 0.731. The molecule has 0 unspecified atom stereocenters. The Bertz CT molecular complexity index is 231. The van der Waals surface area contributed by atoms with Crippen LogP contribution in [0.2, 0.25) is 0 Å². The maximum atomic E-state index is 11.7. The van der Waals surface area contributed by atoms with Gasteiger partial charge < -0.3 is 0 Å². The van der Waals surface area contributed by atoms with Crippen LogP contribution in [0.4, 0.5) is 13.2 Å². The van der Waals surface area contributed by atoms with Gasteiger partial charge in [-0.15, -0.1) is 0 Å². The molecule has 0 radical (unpaired) electrons. The summed E-state index contributed by atoms with van der Waals surface area (Å²) in [5.74, 6) is 0. The molecule has 0 saturated heterocycles. The Morgan fingerprint density at radius 1 is 1.33 bits per heavy atom. The third kappa shape index (κ3) is 3.42. The van der Waals surface area contributed by atoms with Crippen molar-refractivity contribution < 1.29 is 13.2 Å². The van der Waals surface area contributed by atoms with Gasteiger partial charge in [-0.05, 0) is 12.0 Å². The van der Waals surface area contributed by atoms with Gasteiger partial charge in [0.25, 0.3) is 0 Å². The Morgan fingerprint density at radius 3 is 2.58 bits per heavy atom. The molecule has 0 nitrogen and oxygen atoms in total. The smallest absolute Gasteiger partial charge is 0.171 e. The van der Waals surface area contributed by atoms with Crippen LogP contribution >= 0.6 is 0 Å². The second-order valence-corrected chi connectivity index (χ2v) is 2.59. The maximum Gasteiger partial charge on any atom is 0.392 e. The van der Waals surface area contributed by atoms with Crippen molar-refractivity contribution in [3.8, 4) is 0 Å². The SMILES string of the molecule is FC(F)(F)CC=C1C=CC=CC1. The zero-order valence-corrected chi connectivity index (χ0v) is 6.43. The number of alkyl halides is 3. The first kappa shape index (κ1) is 9.10. The van der Waals surface area contributed by atoms with Crippen molar-refractivity contribution in [3.05, 3.63) is 36.0 Å². The molecule has 0 aromatic heterocycles. The lowest BCUT2D eigenvalue weighted by atomic mass is 10.1. The maximum absolute atomic E-state index is 11.7. The van der Waals surface area contributed by atoms with Gasteiger partial charge in [0.1, 0.15) is 0 Å². The second kappa shape index (κ2) is 3.61. The molecule has 0 aromatic carbocycles. The minimum atomic E-state index is -4.08. The van der Waals surface area contributed by atoms with E-state index in [9.17, 15) is 13.2 Å². The molecular weight excluding hydrogens is 165 g/mol. The topological polar surface area (TPSA) is 0 Å². The molecule has 0 aliphatic heterocycles. The molecule has 3 heteroatoms. The van der Waals surface area contributed by atoms with E-state index in [1.54, 1.807) is 12.2 Å². The molecule has 1 aliphatic carbocycles. The van der Waals surface area contributed by atoms with Crippen LogP contribution in [0.5, 0.6) is 0 Å². The van der Waals surface area contributed by atoms with Gasteiger partial charge in [0.05, 0.1) is 6.42 Å². The van der Waals surface area contributed by atoms with Crippen LogP contribution in [-0.4, -0.2) is 6.18 Å². The Kier molecular flexibility index (Phi) is 2.74. The van der Waals surface area contributed by atoms with Crippen molar-refractivity contribution in [3.63, 3.8) is 0 Å². The number of halogens is 3. The van der Waals surface area contributed by atoms with E-state index in [1.165, 1.54) is 6.08 Å². The fraction of sp³-hybridized carbons (Fsp3) is 0.333. The highest BCUT2D eigenvalue weighted by Gasteiger charge is 2.24. The van der Waals surface area contributed by atoms with Gasteiger partial charge in [-0.1, -0.05) is 30.4 Å². The van der Waals surface area contributed by atoms with Crippen LogP contribution in [0.15, 0.2) is 36.0 Å². The van der Waals surface area contributed by atoms with Crippen LogP contribution in [0.3, 0.4) is 0 Å². The Morgan fingerprint density at radius 2 is 2.08 bits per heavy atom. The summed E-state index contributed by atoms with van der Waals surface area (Å²) < 4.78 is 35.2. The molecule has 0 saturated carbocycles. The van der Waals surface area contributed by atoms with Gasteiger partial charge in [-0.3, -0.25) is 0 Å². The third-order valence-electron chi connectivity index (χ3n) is 1.51. The van der Waals surface area contributed by atoms with Gasteiger partial charge in [0.2, 0.25) is 0 Å². The minimum Gasteiger partial charge on any atom is -0.171 e. The standard InChI is InChI=1S/C9H9F3/c10-9(11,12)7-6-8-4-2-1-3-5-8/h1-4,6H,5,7H2. The van der Waals surface area contributed by atoms with Crippen molar-refractivity contribution in [1.82, 2.24) is 0 Å². The highest BCUT2D eigenvalue weighted by Crippen LogP contribution is 2.22. The molecule has 1 aliphatic rings. The molecule has 0 spiro atoms. The first-order valence-electron chi connectivity index (χ1n) is 3.67. The summed E-state index contributed by atoms with van der Waals surface area (Å²) in [4.78, 5) is 0. The quantitative estimate of drug-likeness (QED) is 0.571. The molecule has 1 rings (SSSR count). The van der Waals surface area contributed by atoms with Gasteiger partial charge in [-0.2, -0.15) is 13.2 Å². The molecule has 0 heterocycles. The van der Waals surface area contributed by atoms with Crippen molar-refractivity contribution in [2.24, 2.45) is 0 Å². The molecule has 12 heavy (non-hydrogen) atoms. The first-order valence-corrected chi connectivity index (χ1v) is 3.67. The van der Waals surface area contributed by atoms with Gasteiger partial charge in [0.15, 0.2) is 0 Å². The van der Waals surface area contributed by atoms with Gasteiger partial charge in [-0.25, -0.2) is 0 Å². The summed E-state index contributed by atoms with van der Waals surface area (Å²) in [6, 6.07) is 0. The van der Waals surface area contributed by atoms with E-state index >= 15 is 0 Å². The van der Waals surface area contributed by atoms with Crippen LogP contribution in [0.25, 0.3) is 0 Å². The summed E-state index contributed by atoms with van der Waals surface area (Å²) >= 11 is 0. The number of hydrogen-bond acceptors (Lipinski definition) is 0. The van der Waals surface area contributed by atoms with Crippen molar-refractivity contribution in [2.45, 2.75) is 19.0 Å². The molecule has 0 N–H and O–H groups in total. The Hall–Kier alpha value is -0.990. The number of allylic oxidation sites excluding steroid dienone is 6. The lowest BCUT2D eigenvalue weighted by molar-refractivity contribution is -0.125. The molecule has 0 aromatic rings. The zero-order chi connectivity index (χ0) is 9.03. The zero-order valence-electron chi connectivity index (χ0n) is 6.43. The monoisotopic (exact) mass is 174 g/mol. The average Bonchev–Trinajstić information content (AvgIpc) is 2.02. The minimum absolute atomic E-state index is 0.604. The molecule has 0 fully saturated rings. The normalized spacial score (nSPS) is 20.4. The summed E-state index contributed by atoms with van der Waals surface area (Å²) in [6.45, 7) is 0. The lowest BCUT2D eigenvalue weighted by Crippen LogP contribution is -2.04. The summed E-state index contributed by atoms with van der Waals surface area (Å²) in [6.07, 6.45) is 4.01. The Labute approximate surface area is 69.1 Å². The van der Waals surface area contributed by atoms with E-state index in [4.69, 9.17) is 0 Å². The van der Waals surface area contributed by atoms with Crippen LogP contribution in [0.1, 0.15) is 12.8 Å². The molecular formula is C9H9F3. The van der Waals surface area contributed by atoms with Crippen LogP contribution in [0, 0.1) is 0 Å². The van der Waals surface area contributed by atoms with Crippen molar-refractivity contribution >= 4 is 0 Å². The number of rotatable bonds is 1. The highest BCUT2D eigenvalue weighted by molar-refractivity contribution is 5.29. The average molecular weight is 174 g/mol. The van der Waals surface area contributed by atoms with Gasteiger partial charge >= 0.3 is 6.18 Å². The van der Waals surface area contributed by atoms with Gasteiger partial charge in [0, 0.05) is 0 Å². The Balaban J connectivity index is 2.48. The second-order valence-electron chi connectivity index (χ2n) is 2.59. The predicted molar refractivity (Wildman–Crippen MR) is 41.7 cm³/mol. The van der Waals surface area contributed by atoms with E-state index in [2.05, 4.69) is 0 Å². The fourth-order valence-corrected chi connectivity index (χ4v) is 0.928. The van der Waals surface area contributed by atoms with Crippen LogP contribution in [-0.2, 0) is 0 Å². The van der Waals surface area contributed by atoms with Crippen molar-refractivity contribution in [1.29, 1.82) is 0 Å². The van der Waals surface area contributed by atoms with E-state index in [0.717, 1.165) is 5.57 Å². The van der Waals surface area contributed by atoms with E-state index in [0.29, 0.717) is 6.42 Å². The molecule has 0 atom stereocenters. The van der Waals surface area contributed by atoms with E-state index in [1.807, 2.05) is 12.2 Å². The number of hydrogen-bond donors (Lipinski definition) is 0. The largest absolute Gasteiger partial charge is 0.392 e. The van der Waals surface area contributed by atoms with Crippen LogP contribution < -0.4 is 0 Å². The highest BCUT2D eigenvalue weighted by atomic mass is 19.4. The third-order valence-corrected chi connectivity index (χ3v) is 1.51. The van der Waals surface area contributed by atoms with E-state index < -0.39 is 12.6 Å². The summed E-state index contributed by atoms with van der Waals surface area (Å²) in [7, 11) is 0. The first-order chi connectivity index (χ1) is 5.58. The van der Waals surface area contributed by atoms with Crippen molar-refractivity contribution in [2.75, 3.05) is 0 Å². The predicted octanol–water partition coefficient (Wildman–Crippen LogP) is 3.38. The fourth-order valence-electron chi connectivity index (χ4n) is 0.928. The molecule has 0 bridgehead atoms. The van der Waals surface area contributed by atoms with E-state index in [-0.39, 0.29) is 0 Å².